The minimum atomic E-state index is -0.332. The Bertz CT molecular complexity index is 450. The maximum atomic E-state index is 12.2. The maximum absolute atomic E-state index is 12.2. The molecule has 1 aromatic rings. The van der Waals surface area contributed by atoms with E-state index in [1.807, 2.05) is 30.3 Å². The van der Waals surface area contributed by atoms with Gasteiger partial charge in [0.2, 0.25) is 0 Å². The number of nitriles is 1. The molecular weight excluding hydrogens is 264 g/mol. The lowest BCUT2D eigenvalue weighted by atomic mass is 10.0. The van der Waals surface area contributed by atoms with Gasteiger partial charge in [-0.1, -0.05) is 57.0 Å². The van der Waals surface area contributed by atoms with Gasteiger partial charge in [-0.15, -0.1) is 0 Å². The number of carbonyl (C=O) groups excluding carboxylic acids is 1. The predicted molar refractivity (Wildman–Crippen MR) is 82.5 cm³/mol. The van der Waals surface area contributed by atoms with Gasteiger partial charge >= 0.3 is 6.09 Å². The Hall–Kier alpha value is -2.02. The molecule has 0 fully saturated rings. The summed E-state index contributed by atoms with van der Waals surface area (Å²) in [4.78, 5) is 13.8. The summed E-state index contributed by atoms with van der Waals surface area (Å²) in [6, 6.07) is 11.7. The highest BCUT2D eigenvalue weighted by Gasteiger charge is 2.18. The van der Waals surface area contributed by atoms with Crippen LogP contribution in [0.2, 0.25) is 0 Å². The van der Waals surface area contributed by atoms with E-state index in [2.05, 4.69) is 19.9 Å². The summed E-state index contributed by atoms with van der Waals surface area (Å²) in [5, 5.41) is 8.72. The van der Waals surface area contributed by atoms with Gasteiger partial charge in [-0.2, -0.15) is 5.26 Å². The molecule has 0 N–H and O–H groups in total. The first-order valence-corrected chi connectivity index (χ1v) is 7.53. The number of benzene rings is 1. The first kappa shape index (κ1) is 17.0. The molecule has 4 nitrogen and oxygen atoms in total. The van der Waals surface area contributed by atoms with E-state index in [1.165, 1.54) is 0 Å². The molecule has 0 aliphatic carbocycles. The number of nitrogens with zero attached hydrogens (tertiary/aromatic N) is 2. The molecule has 0 heterocycles. The Balaban J connectivity index is 2.55. The fourth-order valence-electron chi connectivity index (χ4n) is 2.11. The van der Waals surface area contributed by atoms with Crippen molar-refractivity contribution in [3.63, 3.8) is 0 Å². The second-order valence-corrected chi connectivity index (χ2v) is 5.08. The van der Waals surface area contributed by atoms with Gasteiger partial charge in [-0.3, -0.25) is 0 Å². The molecule has 0 bridgehead atoms. The maximum Gasteiger partial charge on any atom is 0.410 e. The molecule has 0 saturated carbocycles. The average Bonchev–Trinajstić information content (AvgIpc) is 2.54. The normalized spacial score (nSPS) is 10.2. The molecule has 0 spiro atoms. The summed E-state index contributed by atoms with van der Waals surface area (Å²) >= 11 is 0. The van der Waals surface area contributed by atoms with Crippen molar-refractivity contribution in [1.82, 2.24) is 4.90 Å². The van der Waals surface area contributed by atoms with E-state index in [0.29, 0.717) is 25.4 Å². The van der Waals surface area contributed by atoms with E-state index in [9.17, 15) is 4.79 Å². The van der Waals surface area contributed by atoms with Gasteiger partial charge in [0.15, 0.2) is 0 Å². The minimum absolute atomic E-state index is 0.269. The molecule has 0 unspecified atom stereocenters. The Morgan fingerprint density at radius 3 is 2.52 bits per heavy atom. The second-order valence-electron chi connectivity index (χ2n) is 5.08. The van der Waals surface area contributed by atoms with Crippen LogP contribution in [-0.4, -0.2) is 24.1 Å². The van der Waals surface area contributed by atoms with Crippen LogP contribution in [0.3, 0.4) is 0 Å². The topological polar surface area (TPSA) is 53.3 Å². The smallest absolute Gasteiger partial charge is 0.410 e. The van der Waals surface area contributed by atoms with Crippen molar-refractivity contribution in [1.29, 1.82) is 5.26 Å². The molecule has 1 rings (SSSR count). The third-order valence-corrected chi connectivity index (χ3v) is 3.59. The van der Waals surface area contributed by atoms with Crippen molar-refractivity contribution in [3.05, 3.63) is 35.9 Å². The van der Waals surface area contributed by atoms with E-state index in [4.69, 9.17) is 10.00 Å². The standard InChI is InChI=1S/C17H24N2O2/c1-3-15(4-2)13-19(12-8-11-18)17(20)21-14-16-9-6-5-7-10-16/h5-7,9-10,15H,3-4,8,12-14H2,1-2H3. The van der Waals surface area contributed by atoms with E-state index >= 15 is 0 Å². The van der Waals surface area contributed by atoms with E-state index in [1.54, 1.807) is 4.90 Å². The van der Waals surface area contributed by atoms with Crippen LogP contribution in [0.15, 0.2) is 30.3 Å². The molecule has 114 valence electrons. The van der Waals surface area contributed by atoms with Gasteiger partial charge in [0.25, 0.3) is 0 Å². The fraction of sp³-hybridized carbons (Fsp3) is 0.529. The van der Waals surface area contributed by atoms with Gasteiger partial charge < -0.3 is 9.64 Å². The number of hydrogen-bond donors (Lipinski definition) is 0. The molecule has 4 heteroatoms. The quantitative estimate of drug-likeness (QED) is 0.727. The lowest BCUT2D eigenvalue weighted by Gasteiger charge is -2.25. The first-order chi connectivity index (χ1) is 10.2. The van der Waals surface area contributed by atoms with Crippen LogP contribution in [-0.2, 0) is 11.3 Å². The fourth-order valence-corrected chi connectivity index (χ4v) is 2.11. The van der Waals surface area contributed by atoms with E-state index in [0.717, 1.165) is 18.4 Å². The predicted octanol–water partition coefficient (Wildman–Crippen LogP) is 3.98. The Kier molecular flexibility index (Phi) is 7.96. The number of carbonyl (C=O) groups is 1. The van der Waals surface area contributed by atoms with E-state index < -0.39 is 0 Å². The monoisotopic (exact) mass is 288 g/mol. The zero-order valence-electron chi connectivity index (χ0n) is 12.9. The van der Waals surface area contributed by atoms with Crippen molar-refractivity contribution in [2.24, 2.45) is 5.92 Å². The lowest BCUT2D eigenvalue weighted by molar-refractivity contribution is 0.0903. The minimum Gasteiger partial charge on any atom is -0.445 e. The van der Waals surface area contributed by atoms with Crippen LogP contribution >= 0.6 is 0 Å². The molecule has 0 atom stereocenters. The third kappa shape index (κ3) is 6.31. The van der Waals surface area contributed by atoms with Gasteiger partial charge in [-0.05, 0) is 11.5 Å². The summed E-state index contributed by atoms with van der Waals surface area (Å²) in [6.45, 7) is 5.59. The zero-order chi connectivity index (χ0) is 15.5. The van der Waals surface area contributed by atoms with Gasteiger partial charge in [-0.25, -0.2) is 4.79 Å². The van der Waals surface area contributed by atoms with Crippen LogP contribution in [0, 0.1) is 17.2 Å². The highest BCUT2D eigenvalue weighted by Crippen LogP contribution is 2.12. The third-order valence-electron chi connectivity index (χ3n) is 3.59. The van der Waals surface area contributed by atoms with Gasteiger partial charge in [0, 0.05) is 13.1 Å². The van der Waals surface area contributed by atoms with Gasteiger partial charge in [0.1, 0.15) is 6.61 Å². The molecule has 0 aliphatic heterocycles. The SMILES string of the molecule is CCC(CC)CN(CCC#N)C(=O)OCc1ccccc1. The number of rotatable bonds is 8. The number of hydrogen-bond acceptors (Lipinski definition) is 3. The summed E-state index contributed by atoms with van der Waals surface area (Å²) < 4.78 is 5.35. The highest BCUT2D eigenvalue weighted by atomic mass is 16.6. The molecule has 1 amide bonds. The van der Waals surface area contributed by atoms with Crippen LogP contribution in [0.25, 0.3) is 0 Å². The summed E-state index contributed by atoms with van der Waals surface area (Å²) in [7, 11) is 0. The molecular formula is C17H24N2O2. The molecule has 0 saturated heterocycles. The van der Waals surface area contributed by atoms with Crippen molar-refractivity contribution in [2.45, 2.75) is 39.7 Å². The van der Waals surface area contributed by atoms with Gasteiger partial charge in [0.05, 0.1) is 12.5 Å². The Labute approximate surface area is 127 Å². The van der Waals surface area contributed by atoms with Crippen molar-refractivity contribution in [3.8, 4) is 6.07 Å². The Morgan fingerprint density at radius 1 is 1.29 bits per heavy atom. The van der Waals surface area contributed by atoms with Crippen LogP contribution < -0.4 is 0 Å². The largest absolute Gasteiger partial charge is 0.445 e. The average molecular weight is 288 g/mol. The summed E-state index contributed by atoms with van der Waals surface area (Å²) in [5.74, 6) is 0.452. The molecule has 0 aromatic heterocycles. The summed E-state index contributed by atoms with van der Waals surface area (Å²) in [6.07, 6.45) is 2.04. The lowest BCUT2D eigenvalue weighted by Crippen LogP contribution is -2.36. The number of amides is 1. The molecule has 0 radical (unpaired) electrons. The zero-order valence-corrected chi connectivity index (χ0v) is 12.9. The van der Waals surface area contributed by atoms with Crippen molar-refractivity contribution in [2.75, 3.05) is 13.1 Å². The molecule has 0 aliphatic rings. The van der Waals surface area contributed by atoms with Crippen molar-refractivity contribution >= 4 is 6.09 Å². The van der Waals surface area contributed by atoms with E-state index in [-0.39, 0.29) is 12.7 Å². The van der Waals surface area contributed by atoms with Crippen LogP contribution in [0.5, 0.6) is 0 Å². The molecule has 1 aromatic carbocycles. The molecule has 21 heavy (non-hydrogen) atoms. The highest BCUT2D eigenvalue weighted by molar-refractivity contribution is 5.67. The van der Waals surface area contributed by atoms with Crippen LogP contribution in [0.4, 0.5) is 4.79 Å². The Morgan fingerprint density at radius 2 is 1.95 bits per heavy atom. The first-order valence-electron chi connectivity index (χ1n) is 7.53. The number of ether oxygens (including phenoxy) is 1. The van der Waals surface area contributed by atoms with Crippen molar-refractivity contribution < 1.29 is 9.53 Å². The second kappa shape index (κ2) is 9.82. The van der Waals surface area contributed by atoms with Crippen LogP contribution in [0.1, 0.15) is 38.7 Å². The summed E-state index contributed by atoms with van der Waals surface area (Å²) in [5.41, 5.74) is 0.966.